The Hall–Kier alpha value is -0.610. The summed E-state index contributed by atoms with van der Waals surface area (Å²) in [6.45, 7) is 7.68. The molecule has 0 bridgehead atoms. The van der Waals surface area contributed by atoms with Gasteiger partial charge in [0.05, 0.1) is 19.6 Å². The van der Waals surface area contributed by atoms with Crippen LogP contribution < -0.4 is 5.32 Å². The van der Waals surface area contributed by atoms with E-state index >= 15 is 0 Å². The van der Waals surface area contributed by atoms with Gasteiger partial charge in [0, 0.05) is 12.6 Å². The van der Waals surface area contributed by atoms with Crippen LogP contribution in [-0.2, 0) is 14.3 Å². The molecule has 0 aromatic rings. The summed E-state index contributed by atoms with van der Waals surface area (Å²) in [6, 6.07) is 0. The zero-order valence-electron chi connectivity index (χ0n) is 10.3. The normalized spacial score (nSPS) is 14.7. The largest absolute Gasteiger partial charge is 0.466 e. The van der Waals surface area contributed by atoms with Gasteiger partial charge in [-0.25, -0.2) is 0 Å². The minimum Gasteiger partial charge on any atom is -0.466 e. The van der Waals surface area contributed by atoms with Crippen LogP contribution in [-0.4, -0.2) is 38.4 Å². The van der Waals surface area contributed by atoms with Crippen molar-refractivity contribution in [3.05, 3.63) is 0 Å². The number of carbonyl (C=O) groups excluding carboxylic acids is 1. The van der Waals surface area contributed by atoms with E-state index in [1.807, 2.05) is 13.8 Å². The van der Waals surface area contributed by atoms with Crippen LogP contribution in [0, 0.1) is 0 Å². The summed E-state index contributed by atoms with van der Waals surface area (Å²) >= 11 is 0. The standard InChI is InChI=1S/C11H23NO3/c1-5-7-12-11(3,9-14-4)8-10(13)15-6-2/h12H,5-9H2,1-4H3. The maximum Gasteiger partial charge on any atom is 0.307 e. The van der Waals surface area contributed by atoms with Crippen molar-refractivity contribution in [3.8, 4) is 0 Å². The lowest BCUT2D eigenvalue weighted by Crippen LogP contribution is -2.48. The number of esters is 1. The number of hydrogen-bond donors (Lipinski definition) is 1. The van der Waals surface area contributed by atoms with Gasteiger partial charge in [0.1, 0.15) is 0 Å². The SMILES string of the molecule is CCCNC(C)(COC)CC(=O)OCC. The van der Waals surface area contributed by atoms with Crippen LogP contribution in [0.5, 0.6) is 0 Å². The van der Waals surface area contributed by atoms with Gasteiger partial charge in [0.2, 0.25) is 0 Å². The molecule has 0 rings (SSSR count). The van der Waals surface area contributed by atoms with Crippen LogP contribution in [0.3, 0.4) is 0 Å². The molecule has 0 aliphatic heterocycles. The van der Waals surface area contributed by atoms with Crippen LogP contribution in [0.1, 0.15) is 33.6 Å². The van der Waals surface area contributed by atoms with Crippen molar-refractivity contribution < 1.29 is 14.3 Å². The molecule has 15 heavy (non-hydrogen) atoms. The van der Waals surface area contributed by atoms with Gasteiger partial charge >= 0.3 is 5.97 Å². The van der Waals surface area contributed by atoms with Gasteiger partial charge in [0.25, 0.3) is 0 Å². The highest BCUT2D eigenvalue weighted by atomic mass is 16.5. The first-order chi connectivity index (χ1) is 7.08. The molecule has 90 valence electrons. The summed E-state index contributed by atoms with van der Waals surface area (Å²) in [4.78, 5) is 11.4. The molecular formula is C11H23NO3. The molecule has 0 aliphatic carbocycles. The molecule has 4 heteroatoms. The fourth-order valence-electron chi connectivity index (χ4n) is 1.44. The van der Waals surface area contributed by atoms with E-state index in [-0.39, 0.29) is 11.5 Å². The van der Waals surface area contributed by atoms with E-state index in [2.05, 4.69) is 12.2 Å². The Labute approximate surface area is 92.3 Å². The minimum absolute atomic E-state index is 0.180. The Balaban J connectivity index is 4.16. The second-order valence-corrected chi connectivity index (χ2v) is 3.90. The van der Waals surface area contributed by atoms with Gasteiger partial charge in [-0.2, -0.15) is 0 Å². The lowest BCUT2D eigenvalue weighted by molar-refractivity contribution is -0.145. The van der Waals surface area contributed by atoms with E-state index < -0.39 is 0 Å². The Morgan fingerprint density at radius 3 is 2.53 bits per heavy atom. The molecule has 0 amide bonds. The number of carbonyl (C=O) groups is 1. The number of methoxy groups -OCH3 is 1. The highest BCUT2D eigenvalue weighted by Gasteiger charge is 2.27. The molecule has 0 aromatic carbocycles. The smallest absolute Gasteiger partial charge is 0.307 e. The number of ether oxygens (including phenoxy) is 2. The topological polar surface area (TPSA) is 47.6 Å². The Morgan fingerprint density at radius 2 is 2.07 bits per heavy atom. The first-order valence-corrected chi connectivity index (χ1v) is 5.47. The average Bonchev–Trinajstić information content (AvgIpc) is 2.15. The molecule has 0 saturated heterocycles. The van der Waals surface area contributed by atoms with Crippen molar-refractivity contribution in [2.75, 3.05) is 26.9 Å². The number of nitrogens with one attached hydrogen (secondary N) is 1. The third-order valence-electron chi connectivity index (χ3n) is 2.10. The molecule has 1 atom stereocenters. The van der Waals surface area contributed by atoms with E-state index in [9.17, 15) is 4.79 Å². The van der Waals surface area contributed by atoms with Gasteiger partial charge in [-0.1, -0.05) is 6.92 Å². The second-order valence-electron chi connectivity index (χ2n) is 3.90. The van der Waals surface area contributed by atoms with Crippen molar-refractivity contribution in [2.45, 2.75) is 39.2 Å². The summed E-state index contributed by atoms with van der Waals surface area (Å²) in [5.74, 6) is -0.180. The Morgan fingerprint density at radius 1 is 1.40 bits per heavy atom. The molecule has 1 unspecified atom stereocenters. The molecule has 0 aliphatic rings. The van der Waals surface area contributed by atoms with E-state index in [0.29, 0.717) is 19.6 Å². The fraction of sp³-hybridized carbons (Fsp3) is 0.909. The highest BCUT2D eigenvalue weighted by Crippen LogP contribution is 2.11. The molecule has 0 saturated carbocycles. The summed E-state index contributed by atoms with van der Waals surface area (Å²) in [5.41, 5.74) is -0.322. The summed E-state index contributed by atoms with van der Waals surface area (Å²) in [6.07, 6.45) is 1.37. The predicted octanol–water partition coefficient (Wildman–Crippen LogP) is 1.34. The van der Waals surface area contributed by atoms with Gasteiger partial charge in [-0.05, 0) is 26.8 Å². The third-order valence-corrected chi connectivity index (χ3v) is 2.10. The fourth-order valence-corrected chi connectivity index (χ4v) is 1.44. The monoisotopic (exact) mass is 217 g/mol. The second kappa shape index (κ2) is 7.65. The summed E-state index contributed by atoms with van der Waals surface area (Å²) in [5, 5.41) is 3.31. The molecule has 0 spiro atoms. The highest BCUT2D eigenvalue weighted by molar-refractivity contribution is 5.70. The average molecular weight is 217 g/mol. The van der Waals surface area contributed by atoms with Crippen molar-refractivity contribution >= 4 is 5.97 Å². The van der Waals surface area contributed by atoms with Crippen molar-refractivity contribution in [1.29, 1.82) is 0 Å². The van der Waals surface area contributed by atoms with E-state index in [1.54, 1.807) is 7.11 Å². The quantitative estimate of drug-likeness (QED) is 0.623. The predicted molar refractivity (Wildman–Crippen MR) is 59.8 cm³/mol. The molecule has 1 N–H and O–H groups in total. The molecule has 4 nitrogen and oxygen atoms in total. The summed E-state index contributed by atoms with van der Waals surface area (Å²) < 4.78 is 10.0. The maximum absolute atomic E-state index is 11.4. The molecule has 0 aromatic heterocycles. The van der Waals surface area contributed by atoms with Crippen molar-refractivity contribution in [1.82, 2.24) is 5.32 Å². The van der Waals surface area contributed by atoms with Gasteiger partial charge in [-0.3, -0.25) is 4.79 Å². The van der Waals surface area contributed by atoms with E-state index in [4.69, 9.17) is 9.47 Å². The minimum atomic E-state index is -0.322. The number of hydrogen-bond acceptors (Lipinski definition) is 4. The molecule has 0 heterocycles. The molecule has 0 radical (unpaired) electrons. The zero-order chi connectivity index (χ0) is 11.7. The van der Waals surface area contributed by atoms with Crippen LogP contribution >= 0.6 is 0 Å². The Bertz CT molecular complexity index is 185. The van der Waals surface area contributed by atoms with Gasteiger partial charge in [0.15, 0.2) is 0 Å². The van der Waals surface area contributed by atoms with E-state index in [0.717, 1.165) is 13.0 Å². The van der Waals surface area contributed by atoms with Crippen molar-refractivity contribution in [3.63, 3.8) is 0 Å². The van der Waals surface area contributed by atoms with Crippen LogP contribution in [0.4, 0.5) is 0 Å². The van der Waals surface area contributed by atoms with Crippen LogP contribution in [0.25, 0.3) is 0 Å². The van der Waals surface area contributed by atoms with Crippen molar-refractivity contribution in [2.24, 2.45) is 0 Å². The van der Waals surface area contributed by atoms with Gasteiger partial charge < -0.3 is 14.8 Å². The maximum atomic E-state index is 11.4. The molecule has 0 fully saturated rings. The Kier molecular flexibility index (Phi) is 7.34. The van der Waals surface area contributed by atoms with Gasteiger partial charge in [-0.15, -0.1) is 0 Å². The van der Waals surface area contributed by atoms with Crippen LogP contribution in [0.2, 0.25) is 0 Å². The number of rotatable bonds is 8. The lowest BCUT2D eigenvalue weighted by atomic mass is 9.99. The molecular weight excluding hydrogens is 194 g/mol. The lowest BCUT2D eigenvalue weighted by Gasteiger charge is -2.29. The third kappa shape index (κ3) is 6.47. The zero-order valence-corrected chi connectivity index (χ0v) is 10.3. The first-order valence-electron chi connectivity index (χ1n) is 5.47. The first kappa shape index (κ1) is 14.4. The summed E-state index contributed by atoms with van der Waals surface area (Å²) in [7, 11) is 1.64. The van der Waals surface area contributed by atoms with Crippen LogP contribution in [0.15, 0.2) is 0 Å². The van der Waals surface area contributed by atoms with E-state index in [1.165, 1.54) is 0 Å².